The third-order valence-corrected chi connectivity index (χ3v) is 5.47. The molecule has 2 rings (SSSR count). The summed E-state index contributed by atoms with van der Waals surface area (Å²) in [6.45, 7) is 13.7. The molecule has 0 amide bonds. The van der Waals surface area contributed by atoms with Crippen molar-refractivity contribution in [1.29, 1.82) is 0 Å². The third kappa shape index (κ3) is 7.92. The molecule has 26 heavy (non-hydrogen) atoms. The molecule has 2 heteroatoms. The Morgan fingerprint density at radius 1 is 0.615 bits per heavy atom. The van der Waals surface area contributed by atoms with Crippen molar-refractivity contribution < 1.29 is 0 Å². The van der Waals surface area contributed by atoms with E-state index in [9.17, 15) is 0 Å². The molecule has 0 atom stereocenters. The summed E-state index contributed by atoms with van der Waals surface area (Å²) >= 11 is 0. The van der Waals surface area contributed by atoms with Crippen LogP contribution in [0, 0.1) is 22.9 Å². The minimum Gasteiger partial charge on any atom is -0.127 e. The van der Waals surface area contributed by atoms with Gasteiger partial charge in [-0.2, -0.15) is 0 Å². The van der Waals surface area contributed by atoms with Crippen molar-refractivity contribution in [3.8, 4) is 22.9 Å². The van der Waals surface area contributed by atoms with E-state index >= 15 is 0 Å². The maximum Gasteiger partial charge on any atom is 0.129 e. The lowest BCUT2D eigenvalue weighted by Gasteiger charge is -2.06. The smallest absolute Gasteiger partial charge is 0.127 e. The molecule has 0 heterocycles. The Labute approximate surface area is 162 Å². The first-order valence-corrected chi connectivity index (χ1v) is 16.3. The first kappa shape index (κ1) is 20.3. The van der Waals surface area contributed by atoms with Gasteiger partial charge in [0.1, 0.15) is 16.1 Å². The van der Waals surface area contributed by atoms with Crippen LogP contribution in [0.25, 0.3) is 0 Å². The van der Waals surface area contributed by atoms with Gasteiger partial charge in [-0.25, -0.2) is 0 Å². The van der Waals surface area contributed by atoms with Crippen molar-refractivity contribution >= 4 is 16.1 Å². The van der Waals surface area contributed by atoms with Gasteiger partial charge >= 0.3 is 0 Å². The average Bonchev–Trinajstić information content (AvgIpc) is 2.56. The fourth-order valence-electron chi connectivity index (χ4n) is 2.42. The van der Waals surface area contributed by atoms with Crippen molar-refractivity contribution in [2.75, 3.05) is 0 Å². The van der Waals surface area contributed by atoms with Crippen LogP contribution in [-0.4, -0.2) is 16.1 Å². The van der Waals surface area contributed by atoms with Crippen molar-refractivity contribution in [2.45, 2.75) is 52.1 Å². The van der Waals surface area contributed by atoms with E-state index in [1.165, 1.54) is 11.1 Å². The van der Waals surface area contributed by atoms with Crippen LogP contribution < -0.4 is 0 Å². The number of hydrogen-bond acceptors (Lipinski definition) is 0. The van der Waals surface area contributed by atoms with Gasteiger partial charge in [0.05, 0.1) is 0 Å². The van der Waals surface area contributed by atoms with Crippen LogP contribution in [-0.2, 0) is 12.8 Å². The predicted molar refractivity (Wildman–Crippen MR) is 121 cm³/mol. The Morgan fingerprint density at radius 3 is 1.35 bits per heavy atom. The van der Waals surface area contributed by atoms with Crippen molar-refractivity contribution in [3.05, 3.63) is 70.8 Å². The van der Waals surface area contributed by atoms with E-state index in [4.69, 9.17) is 0 Å². The zero-order chi connectivity index (χ0) is 19.2. The molecule has 0 saturated carbocycles. The molecule has 2 aromatic carbocycles. The third-order valence-electron chi connectivity index (χ3n) is 3.72. The Morgan fingerprint density at radius 2 is 1.00 bits per heavy atom. The summed E-state index contributed by atoms with van der Waals surface area (Å²) in [7, 11) is -2.66. The lowest BCUT2D eigenvalue weighted by atomic mass is 10.0. The predicted octanol–water partition coefficient (Wildman–Crippen LogP) is 5.93. The fraction of sp³-hybridized carbons (Fsp3) is 0.333. The van der Waals surface area contributed by atoms with Crippen LogP contribution >= 0.6 is 0 Å². The molecule has 0 saturated heterocycles. The zero-order valence-electron chi connectivity index (χ0n) is 17.0. The van der Waals surface area contributed by atoms with Crippen LogP contribution in [0.2, 0.25) is 39.3 Å². The maximum atomic E-state index is 3.45. The fourth-order valence-corrected chi connectivity index (χ4v) is 3.46. The second-order valence-corrected chi connectivity index (χ2v) is 18.4. The monoisotopic (exact) mass is 374 g/mol. The molecule has 0 aliphatic carbocycles. The number of hydrogen-bond donors (Lipinski definition) is 0. The van der Waals surface area contributed by atoms with E-state index in [0.29, 0.717) is 0 Å². The summed E-state index contributed by atoms with van der Waals surface area (Å²) in [6, 6.07) is 17.4. The Kier molecular flexibility index (Phi) is 6.71. The van der Waals surface area contributed by atoms with Gasteiger partial charge in [-0.15, -0.1) is 11.1 Å². The van der Waals surface area contributed by atoms with Crippen molar-refractivity contribution in [2.24, 2.45) is 0 Å². The molecule has 0 N–H and O–H groups in total. The summed E-state index contributed by atoms with van der Waals surface area (Å²) in [5.41, 5.74) is 11.9. The maximum absolute atomic E-state index is 3.45. The quantitative estimate of drug-likeness (QED) is 0.461. The van der Waals surface area contributed by atoms with Gasteiger partial charge in [-0.05, 0) is 48.2 Å². The number of aryl methyl sites for hydroxylation is 2. The molecule has 0 spiro atoms. The average molecular weight is 375 g/mol. The molecular weight excluding hydrogens is 344 g/mol. The summed E-state index contributed by atoms with van der Waals surface area (Å²) in [6.07, 6.45) is 2.07. The van der Waals surface area contributed by atoms with Gasteiger partial charge < -0.3 is 0 Å². The molecule has 2 aromatic rings. The second kappa shape index (κ2) is 8.59. The Hall–Kier alpha value is -2.01. The van der Waals surface area contributed by atoms with Gasteiger partial charge in [0.2, 0.25) is 0 Å². The van der Waals surface area contributed by atoms with Crippen LogP contribution in [0.3, 0.4) is 0 Å². The first-order valence-electron chi connectivity index (χ1n) is 9.35. The minimum absolute atomic E-state index is 1.04. The molecule has 0 fully saturated rings. The highest BCUT2D eigenvalue weighted by atomic mass is 28.3. The highest BCUT2D eigenvalue weighted by molar-refractivity contribution is 6.84. The van der Waals surface area contributed by atoms with Crippen molar-refractivity contribution in [3.63, 3.8) is 0 Å². The standard InChI is InChI=1S/C24H30Si2/c1-25(2,3)17-15-23-11-7-9-21(19-23)13-14-22-10-8-12-24(20-22)16-18-26(4,5)6/h7-12,19-20H,13-14H2,1-6H3. The molecule has 134 valence electrons. The van der Waals surface area contributed by atoms with Gasteiger partial charge in [0.15, 0.2) is 0 Å². The SMILES string of the molecule is C[Si](C)(C)C#Cc1cccc(CCc2cccc(C#C[Si](C)(C)C)c2)c1. The van der Waals surface area contributed by atoms with E-state index < -0.39 is 16.1 Å². The largest absolute Gasteiger partial charge is 0.129 e. The summed E-state index contributed by atoms with van der Waals surface area (Å²) < 4.78 is 0. The zero-order valence-corrected chi connectivity index (χ0v) is 19.0. The van der Waals surface area contributed by atoms with Crippen LogP contribution in [0.15, 0.2) is 48.5 Å². The highest BCUT2D eigenvalue weighted by Crippen LogP contribution is 2.12. The number of benzene rings is 2. The van der Waals surface area contributed by atoms with Crippen LogP contribution in [0.1, 0.15) is 22.3 Å². The molecule has 0 radical (unpaired) electrons. The number of rotatable bonds is 3. The molecule has 0 bridgehead atoms. The van der Waals surface area contributed by atoms with E-state index in [-0.39, 0.29) is 0 Å². The normalized spacial score (nSPS) is 11.2. The second-order valence-electron chi connectivity index (χ2n) is 8.90. The van der Waals surface area contributed by atoms with E-state index in [1.807, 2.05) is 0 Å². The molecule has 0 aliphatic heterocycles. The van der Waals surface area contributed by atoms with Crippen LogP contribution in [0.5, 0.6) is 0 Å². The lowest BCUT2D eigenvalue weighted by molar-refractivity contribution is 0.959. The van der Waals surface area contributed by atoms with E-state index in [0.717, 1.165) is 24.0 Å². The summed E-state index contributed by atoms with van der Waals surface area (Å²) in [4.78, 5) is 0. The molecular formula is C24H30Si2. The van der Waals surface area contributed by atoms with Gasteiger partial charge in [0.25, 0.3) is 0 Å². The summed E-state index contributed by atoms with van der Waals surface area (Å²) in [5.74, 6) is 6.72. The topological polar surface area (TPSA) is 0 Å². The Balaban J connectivity index is 2.07. The minimum atomic E-state index is -1.33. The van der Waals surface area contributed by atoms with Gasteiger partial charge in [-0.3, -0.25) is 0 Å². The van der Waals surface area contributed by atoms with Gasteiger partial charge in [-0.1, -0.05) is 75.4 Å². The lowest BCUT2D eigenvalue weighted by Crippen LogP contribution is -2.16. The van der Waals surface area contributed by atoms with Crippen LogP contribution in [0.4, 0.5) is 0 Å². The molecule has 0 aromatic heterocycles. The molecule has 0 unspecified atom stereocenters. The first-order chi connectivity index (χ1) is 12.1. The Bertz CT molecular complexity index is 797. The molecule has 0 aliphatic rings. The van der Waals surface area contributed by atoms with E-state index in [2.05, 4.69) is 111 Å². The van der Waals surface area contributed by atoms with Gasteiger partial charge in [0, 0.05) is 11.1 Å². The molecule has 0 nitrogen and oxygen atoms in total. The summed E-state index contributed by atoms with van der Waals surface area (Å²) in [5, 5.41) is 0. The highest BCUT2D eigenvalue weighted by Gasteiger charge is 2.08. The van der Waals surface area contributed by atoms with E-state index in [1.54, 1.807) is 0 Å². The van der Waals surface area contributed by atoms with Crippen molar-refractivity contribution in [1.82, 2.24) is 0 Å².